The highest BCUT2D eigenvalue weighted by molar-refractivity contribution is 7.12. The number of hydrogen-bond acceptors (Lipinski definition) is 3. The summed E-state index contributed by atoms with van der Waals surface area (Å²) >= 11 is 1.40. The zero-order valence-electron chi connectivity index (χ0n) is 9.37. The van der Waals surface area contributed by atoms with Crippen LogP contribution in [-0.2, 0) is 0 Å². The molecule has 88 valence electrons. The molecule has 2 rings (SSSR count). The van der Waals surface area contributed by atoms with Crippen LogP contribution >= 0.6 is 11.3 Å². The van der Waals surface area contributed by atoms with Gasteiger partial charge < -0.3 is 11.1 Å². The minimum Gasteiger partial charge on any atom is -0.397 e. The third-order valence-electron chi connectivity index (χ3n) is 3.21. The number of carbonyl (C=O) groups excluding carboxylic acids is 1. The molecule has 16 heavy (non-hydrogen) atoms. The Bertz CT molecular complexity index is 356. The van der Waals surface area contributed by atoms with Crippen LogP contribution in [0.1, 0.15) is 41.8 Å². The van der Waals surface area contributed by atoms with Gasteiger partial charge in [0.05, 0.1) is 5.69 Å². The Kier molecular flexibility index (Phi) is 3.83. The van der Waals surface area contributed by atoms with E-state index in [0.717, 1.165) is 18.9 Å². The fraction of sp³-hybridized carbons (Fsp3) is 0.583. The Morgan fingerprint density at radius 1 is 1.50 bits per heavy atom. The third-order valence-corrected chi connectivity index (χ3v) is 4.14. The van der Waals surface area contributed by atoms with E-state index < -0.39 is 0 Å². The van der Waals surface area contributed by atoms with E-state index in [0.29, 0.717) is 10.6 Å². The molecule has 0 aromatic carbocycles. The summed E-state index contributed by atoms with van der Waals surface area (Å²) in [4.78, 5) is 12.4. The van der Waals surface area contributed by atoms with Gasteiger partial charge in [-0.2, -0.15) is 0 Å². The summed E-state index contributed by atoms with van der Waals surface area (Å²) in [6, 6.07) is 1.77. The second-order valence-electron chi connectivity index (χ2n) is 4.40. The first-order valence-corrected chi connectivity index (χ1v) is 6.76. The molecule has 4 heteroatoms. The fourth-order valence-corrected chi connectivity index (χ4v) is 3.01. The van der Waals surface area contributed by atoms with Gasteiger partial charge in [-0.15, -0.1) is 11.3 Å². The summed E-state index contributed by atoms with van der Waals surface area (Å²) in [6.07, 6.45) is 6.48. The van der Waals surface area contributed by atoms with Crippen LogP contribution in [0.5, 0.6) is 0 Å². The molecule has 0 unspecified atom stereocenters. The number of thiophene rings is 1. The predicted octanol–water partition coefficient (Wildman–Crippen LogP) is 2.64. The Balaban J connectivity index is 1.73. The van der Waals surface area contributed by atoms with Gasteiger partial charge in [0.2, 0.25) is 0 Å². The van der Waals surface area contributed by atoms with Crippen LogP contribution in [0.15, 0.2) is 11.4 Å². The molecule has 0 atom stereocenters. The summed E-state index contributed by atoms with van der Waals surface area (Å²) in [7, 11) is 0. The van der Waals surface area contributed by atoms with Gasteiger partial charge in [0.1, 0.15) is 4.88 Å². The molecule has 3 N–H and O–H groups in total. The maximum atomic E-state index is 11.7. The number of carbonyl (C=O) groups is 1. The summed E-state index contributed by atoms with van der Waals surface area (Å²) in [5, 5.41) is 4.79. The van der Waals surface area contributed by atoms with Crippen molar-refractivity contribution >= 4 is 22.9 Å². The van der Waals surface area contributed by atoms with E-state index in [1.54, 1.807) is 6.07 Å². The lowest BCUT2D eigenvalue weighted by atomic mass is 10.0. The van der Waals surface area contributed by atoms with Crippen LogP contribution in [0.4, 0.5) is 5.69 Å². The Morgan fingerprint density at radius 2 is 2.25 bits per heavy atom. The minimum atomic E-state index is -0.0227. The number of anilines is 1. The van der Waals surface area contributed by atoms with E-state index in [1.807, 2.05) is 5.38 Å². The molecule has 0 bridgehead atoms. The molecule has 0 aliphatic heterocycles. The highest BCUT2D eigenvalue weighted by atomic mass is 32.1. The molecular weight excluding hydrogens is 220 g/mol. The second kappa shape index (κ2) is 5.34. The van der Waals surface area contributed by atoms with Crippen molar-refractivity contribution in [3.05, 3.63) is 16.3 Å². The molecule has 3 nitrogen and oxygen atoms in total. The average molecular weight is 238 g/mol. The normalized spacial score (nSPS) is 16.5. The van der Waals surface area contributed by atoms with E-state index in [2.05, 4.69) is 5.32 Å². The Morgan fingerprint density at radius 3 is 2.88 bits per heavy atom. The van der Waals surface area contributed by atoms with Crippen molar-refractivity contribution < 1.29 is 4.79 Å². The predicted molar refractivity (Wildman–Crippen MR) is 67.6 cm³/mol. The van der Waals surface area contributed by atoms with Crippen molar-refractivity contribution in [3.63, 3.8) is 0 Å². The van der Waals surface area contributed by atoms with Crippen molar-refractivity contribution in [2.24, 2.45) is 5.92 Å². The monoisotopic (exact) mass is 238 g/mol. The van der Waals surface area contributed by atoms with Gasteiger partial charge in [0.25, 0.3) is 5.91 Å². The Hall–Kier alpha value is -1.03. The topological polar surface area (TPSA) is 55.1 Å². The summed E-state index contributed by atoms with van der Waals surface area (Å²) < 4.78 is 0. The van der Waals surface area contributed by atoms with Crippen molar-refractivity contribution in [1.82, 2.24) is 5.32 Å². The van der Waals surface area contributed by atoms with E-state index >= 15 is 0 Å². The van der Waals surface area contributed by atoms with Gasteiger partial charge in [-0.1, -0.05) is 25.7 Å². The highest BCUT2D eigenvalue weighted by Gasteiger charge is 2.15. The number of hydrogen-bond donors (Lipinski definition) is 2. The minimum absolute atomic E-state index is 0.0227. The van der Waals surface area contributed by atoms with Gasteiger partial charge in [-0.25, -0.2) is 0 Å². The molecular formula is C12H18N2OS. The largest absolute Gasteiger partial charge is 0.397 e. The number of nitrogens with one attached hydrogen (secondary N) is 1. The average Bonchev–Trinajstić information content (AvgIpc) is 2.88. The van der Waals surface area contributed by atoms with Crippen LogP contribution < -0.4 is 11.1 Å². The lowest BCUT2D eigenvalue weighted by molar-refractivity contribution is 0.0956. The smallest absolute Gasteiger partial charge is 0.263 e. The van der Waals surface area contributed by atoms with Gasteiger partial charge in [0.15, 0.2) is 0 Å². The molecule has 0 spiro atoms. The molecule has 1 aliphatic carbocycles. The molecule has 0 saturated heterocycles. The maximum absolute atomic E-state index is 11.7. The molecule has 1 aromatic rings. The number of nitrogens with two attached hydrogens (primary N) is 1. The van der Waals surface area contributed by atoms with Crippen molar-refractivity contribution in [2.75, 3.05) is 12.3 Å². The van der Waals surface area contributed by atoms with Gasteiger partial charge in [0, 0.05) is 6.54 Å². The maximum Gasteiger partial charge on any atom is 0.263 e. The summed E-state index contributed by atoms with van der Waals surface area (Å²) in [6.45, 7) is 0.779. The lowest BCUT2D eigenvalue weighted by Gasteiger charge is -2.09. The zero-order valence-corrected chi connectivity index (χ0v) is 10.2. The standard InChI is InChI=1S/C12H18N2OS/c13-10-6-8-16-11(10)12(15)14-7-5-9-3-1-2-4-9/h6,8-9H,1-5,7,13H2,(H,14,15). The number of amides is 1. The summed E-state index contributed by atoms with van der Waals surface area (Å²) in [5.41, 5.74) is 6.27. The first-order valence-electron chi connectivity index (χ1n) is 5.88. The third kappa shape index (κ3) is 2.76. The van der Waals surface area contributed by atoms with Crippen molar-refractivity contribution in [2.45, 2.75) is 32.1 Å². The first kappa shape index (κ1) is 11.5. The molecule has 1 aromatic heterocycles. The van der Waals surface area contributed by atoms with E-state index in [9.17, 15) is 4.79 Å². The zero-order chi connectivity index (χ0) is 11.4. The molecule has 1 aliphatic rings. The Labute approximate surface area is 100 Å². The molecule has 1 amide bonds. The second-order valence-corrected chi connectivity index (χ2v) is 5.32. The fourth-order valence-electron chi connectivity index (χ4n) is 2.27. The van der Waals surface area contributed by atoms with Crippen molar-refractivity contribution in [3.8, 4) is 0 Å². The van der Waals surface area contributed by atoms with E-state index in [-0.39, 0.29) is 5.91 Å². The lowest BCUT2D eigenvalue weighted by Crippen LogP contribution is -2.25. The van der Waals surface area contributed by atoms with Gasteiger partial charge in [-0.05, 0) is 23.8 Å². The van der Waals surface area contributed by atoms with Crippen LogP contribution in [-0.4, -0.2) is 12.5 Å². The van der Waals surface area contributed by atoms with Crippen molar-refractivity contribution in [1.29, 1.82) is 0 Å². The van der Waals surface area contributed by atoms with Crippen LogP contribution in [0.3, 0.4) is 0 Å². The first-order chi connectivity index (χ1) is 7.77. The highest BCUT2D eigenvalue weighted by Crippen LogP contribution is 2.27. The van der Waals surface area contributed by atoms with E-state index in [4.69, 9.17) is 5.73 Å². The van der Waals surface area contributed by atoms with Crippen LogP contribution in [0, 0.1) is 5.92 Å². The van der Waals surface area contributed by atoms with Gasteiger partial charge in [-0.3, -0.25) is 4.79 Å². The van der Waals surface area contributed by atoms with Crippen LogP contribution in [0.25, 0.3) is 0 Å². The quantitative estimate of drug-likeness (QED) is 0.847. The SMILES string of the molecule is Nc1ccsc1C(=O)NCCC1CCCC1. The number of rotatable bonds is 4. The molecule has 1 saturated carbocycles. The van der Waals surface area contributed by atoms with Crippen LogP contribution in [0.2, 0.25) is 0 Å². The molecule has 1 heterocycles. The molecule has 0 radical (unpaired) electrons. The van der Waals surface area contributed by atoms with E-state index in [1.165, 1.54) is 37.0 Å². The van der Waals surface area contributed by atoms with Gasteiger partial charge >= 0.3 is 0 Å². The molecule has 1 fully saturated rings. The summed E-state index contributed by atoms with van der Waals surface area (Å²) in [5.74, 6) is 0.798. The number of nitrogen functional groups attached to an aromatic ring is 1.